The van der Waals surface area contributed by atoms with Crippen molar-refractivity contribution < 1.29 is 23.0 Å². The average molecular weight is 248 g/mol. The minimum atomic E-state index is -3.57. The topological polar surface area (TPSA) is 74.6 Å². The van der Waals surface area contributed by atoms with E-state index in [-0.39, 0.29) is 5.56 Å². The van der Waals surface area contributed by atoms with Crippen molar-refractivity contribution in [2.24, 2.45) is 0 Å². The van der Waals surface area contributed by atoms with Crippen molar-refractivity contribution in [2.75, 3.05) is 12.9 Å². The van der Waals surface area contributed by atoms with E-state index in [1.807, 2.05) is 0 Å². The fourth-order valence-corrected chi connectivity index (χ4v) is 2.24. The van der Waals surface area contributed by atoms with Crippen LogP contribution in [0.3, 0.4) is 0 Å². The lowest BCUT2D eigenvalue weighted by atomic mass is 10.1. The maximum Gasteiger partial charge on any atom is 0.155 e. The molecule has 0 aliphatic heterocycles. The summed E-state index contributed by atoms with van der Waals surface area (Å²) in [6.45, 7) is -0.683. The zero-order valence-corrected chi connectivity index (χ0v) is 9.48. The van der Waals surface area contributed by atoms with Crippen LogP contribution in [0.25, 0.3) is 0 Å². The number of hydrogen-bond donors (Lipinski definition) is 2. The number of rotatable bonds is 4. The molecule has 6 heteroatoms. The molecule has 1 rings (SSSR count). The number of sulfone groups is 1. The maximum absolute atomic E-state index is 12.6. The molecule has 4 nitrogen and oxygen atoms in total. The van der Waals surface area contributed by atoms with Crippen molar-refractivity contribution in [3.05, 3.63) is 35.6 Å². The molecule has 0 aromatic heterocycles. The van der Waals surface area contributed by atoms with Gasteiger partial charge in [-0.15, -0.1) is 0 Å². The highest BCUT2D eigenvalue weighted by Gasteiger charge is 2.29. The lowest BCUT2D eigenvalue weighted by molar-refractivity contribution is 0.138. The fraction of sp³-hybridized carbons (Fsp3) is 0.400. The molecule has 0 saturated heterocycles. The molecular formula is C10H13FO4S. The Bertz CT molecular complexity index is 440. The van der Waals surface area contributed by atoms with Crippen LogP contribution in [-0.2, 0) is 9.84 Å². The number of benzene rings is 1. The van der Waals surface area contributed by atoms with E-state index in [9.17, 15) is 17.9 Å². The van der Waals surface area contributed by atoms with Crippen molar-refractivity contribution in [1.29, 1.82) is 0 Å². The smallest absolute Gasteiger partial charge is 0.155 e. The van der Waals surface area contributed by atoms with Crippen molar-refractivity contribution in [2.45, 2.75) is 11.4 Å². The van der Waals surface area contributed by atoms with Gasteiger partial charge in [0.05, 0.1) is 12.7 Å². The van der Waals surface area contributed by atoms with Crippen LogP contribution >= 0.6 is 0 Å². The van der Waals surface area contributed by atoms with Gasteiger partial charge in [-0.1, -0.05) is 12.1 Å². The van der Waals surface area contributed by atoms with Crippen molar-refractivity contribution in [1.82, 2.24) is 0 Å². The summed E-state index contributed by atoms with van der Waals surface area (Å²) < 4.78 is 35.1. The van der Waals surface area contributed by atoms with Crippen LogP contribution in [0.15, 0.2) is 24.3 Å². The van der Waals surface area contributed by atoms with Crippen LogP contribution in [0.5, 0.6) is 0 Å². The summed E-state index contributed by atoms with van der Waals surface area (Å²) in [5, 5.41) is 17.4. The molecule has 1 aromatic rings. The molecule has 1 aromatic carbocycles. The molecule has 90 valence electrons. The summed E-state index contributed by atoms with van der Waals surface area (Å²) >= 11 is 0. The van der Waals surface area contributed by atoms with Crippen molar-refractivity contribution in [3.8, 4) is 0 Å². The van der Waals surface area contributed by atoms with E-state index >= 15 is 0 Å². The number of hydrogen-bond acceptors (Lipinski definition) is 4. The molecule has 0 fully saturated rings. The van der Waals surface area contributed by atoms with Gasteiger partial charge in [-0.3, -0.25) is 0 Å². The molecule has 0 spiro atoms. The van der Waals surface area contributed by atoms with Gasteiger partial charge in [0, 0.05) is 6.26 Å². The average Bonchev–Trinajstić information content (AvgIpc) is 2.17. The first-order valence-electron chi connectivity index (χ1n) is 4.59. The van der Waals surface area contributed by atoms with Gasteiger partial charge < -0.3 is 10.2 Å². The molecule has 0 heterocycles. The Morgan fingerprint density at radius 2 is 1.81 bits per heavy atom. The summed E-state index contributed by atoms with van der Waals surface area (Å²) in [5.41, 5.74) is 0.255. The third kappa shape index (κ3) is 3.01. The molecule has 2 unspecified atom stereocenters. The molecular weight excluding hydrogens is 235 g/mol. The van der Waals surface area contributed by atoms with Crippen LogP contribution in [0.1, 0.15) is 11.7 Å². The zero-order chi connectivity index (χ0) is 12.3. The second kappa shape index (κ2) is 4.90. The van der Waals surface area contributed by atoms with Crippen molar-refractivity contribution >= 4 is 9.84 Å². The van der Waals surface area contributed by atoms with Gasteiger partial charge in [0.2, 0.25) is 0 Å². The van der Waals surface area contributed by atoms with Gasteiger partial charge >= 0.3 is 0 Å². The summed E-state index contributed by atoms with van der Waals surface area (Å²) in [5.74, 6) is -0.476. The molecule has 16 heavy (non-hydrogen) atoms. The lowest BCUT2D eigenvalue weighted by Gasteiger charge is -2.19. The quantitative estimate of drug-likeness (QED) is 0.801. The van der Waals surface area contributed by atoms with Crippen LogP contribution in [0, 0.1) is 5.82 Å². The van der Waals surface area contributed by atoms with E-state index < -0.39 is 33.6 Å². The predicted molar refractivity (Wildman–Crippen MR) is 57.1 cm³/mol. The molecule has 0 aliphatic carbocycles. The van der Waals surface area contributed by atoms with Crippen LogP contribution < -0.4 is 0 Å². The van der Waals surface area contributed by atoms with Crippen LogP contribution in [0.4, 0.5) is 4.39 Å². The Kier molecular flexibility index (Phi) is 4.01. The SMILES string of the molecule is CS(=O)(=O)C(CO)C(O)c1ccc(F)cc1. The van der Waals surface area contributed by atoms with E-state index in [4.69, 9.17) is 5.11 Å². The molecule has 0 radical (unpaired) electrons. The molecule has 2 N–H and O–H groups in total. The summed E-state index contributed by atoms with van der Waals surface area (Å²) in [4.78, 5) is 0. The summed E-state index contributed by atoms with van der Waals surface area (Å²) in [7, 11) is -3.57. The van der Waals surface area contributed by atoms with E-state index in [0.717, 1.165) is 18.4 Å². The minimum absolute atomic E-state index is 0.255. The Balaban J connectivity index is 3.00. The highest BCUT2D eigenvalue weighted by Crippen LogP contribution is 2.21. The second-order valence-electron chi connectivity index (χ2n) is 3.55. The first kappa shape index (κ1) is 13.1. The number of halogens is 1. The Morgan fingerprint density at radius 1 is 1.31 bits per heavy atom. The maximum atomic E-state index is 12.6. The lowest BCUT2D eigenvalue weighted by Crippen LogP contribution is -2.31. The molecule has 2 atom stereocenters. The fourth-order valence-electron chi connectivity index (χ4n) is 1.34. The molecule has 0 amide bonds. The monoisotopic (exact) mass is 248 g/mol. The molecule has 0 aliphatic rings. The minimum Gasteiger partial charge on any atom is -0.395 e. The first-order valence-corrected chi connectivity index (χ1v) is 6.55. The Labute approximate surface area is 93.3 Å². The highest BCUT2D eigenvalue weighted by atomic mass is 32.2. The van der Waals surface area contributed by atoms with Gasteiger partial charge in [0.15, 0.2) is 9.84 Å². The number of aliphatic hydroxyl groups excluding tert-OH is 2. The third-order valence-corrected chi connectivity index (χ3v) is 3.80. The molecule has 0 saturated carbocycles. The second-order valence-corrected chi connectivity index (χ2v) is 5.81. The standard InChI is InChI=1S/C10H13FO4S/c1-16(14,15)9(6-12)10(13)7-2-4-8(11)5-3-7/h2-5,9-10,12-13H,6H2,1H3. The Morgan fingerprint density at radius 3 is 2.19 bits per heavy atom. The largest absolute Gasteiger partial charge is 0.395 e. The van der Waals surface area contributed by atoms with Crippen LogP contribution in [0.2, 0.25) is 0 Å². The van der Waals surface area contributed by atoms with Crippen molar-refractivity contribution in [3.63, 3.8) is 0 Å². The molecule has 0 bridgehead atoms. The van der Waals surface area contributed by atoms with E-state index in [0.29, 0.717) is 0 Å². The first-order chi connectivity index (χ1) is 7.36. The summed E-state index contributed by atoms with van der Waals surface area (Å²) in [6, 6.07) is 4.81. The van der Waals surface area contributed by atoms with Gasteiger partial charge in [0.1, 0.15) is 11.1 Å². The van der Waals surface area contributed by atoms with Gasteiger partial charge in [-0.05, 0) is 17.7 Å². The van der Waals surface area contributed by atoms with Gasteiger partial charge in [-0.2, -0.15) is 0 Å². The Hall–Kier alpha value is -0.980. The summed E-state index contributed by atoms with van der Waals surface area (Å²) in [6.07, 6.45) is -0.429. The van der Waals surface area contributed by atoms with E-state index in [2.05, 4.69) is 0 Å². The van der Waals surface area contributed by atoms with Gasteiger partial charge in [-0.25, -0.2) is 12.8 Å². The number of aliphatic hydroxyl groups is 2. The third-order valence-electron chi connectivity index (χ3n) is 2.29. The normalized spacial score (nSPS) is 15.8. The highest BCUT2D eigenvalue weighted by molar-refractivity contribution is 7.91. The van der Waals surface area contributed by atoms with E-state index in [1.54, 1.807) is 0 Å². The zero-order valence-electron chi connectivity index (χ0n) is 8.67. The predicted octanol–water partition coefficient (Wildman–Crippen LogP) is 0.265. The van der Waals surface area contributed by atoms with Gasteiger partial charge in [0.25, 0.3) is 0 Å². The van der Waals surface area contributed by atoms with E-state index in [1.165, 1.54) is 12.1 Å². The van der Waals surface area contributed by atoms with Crippen LogP contribution in [-0.4, -0.2) is 36.7 Å².